The second-order valence-electron chi connectivity index (χ2n) is 7.97. The third-order valence-corrected chi connectivity index (χ3v) is 5.38. The van der Waals surface area contributed by atoms with Gasteiger partial charge >= 0.3 is 6.18 Å². The maximum absolute atomic E-state index is 12.2. The number of ether oxygens (including phenoxy) is 2. The predicted octanol–water partition coefficient (Wildman–Crippen LogP) is 4.47. The van der Waals surface area contributed by atoms with Crippen LogP contribution >= 0.6 is 0 Å². The number of likely N-dealkylation sites (tertiary alicyclic amines) is 1. The molecule has 2 heterocycles. The molecule has 34 heavy (non-hydrogen) atoms. The van der Waals surface area contributed by atoms with Gasteiger partial charge in [0, 0.05) is 0 Å². The molecular formula is C26H31F3N2O3. The van der Waals surface area contributed by atoms with Gasteiger partial charge in [0.2, 0.25) is 5.91 Å². The Balaban J connectivity index is 0.000000231. The molecule has 0 atom stereocenters. The summed E-state index contributed by atoms with van der Waals surface area (Å²) in [5.41, 5.74) is 5.73. The molecule has 0 radical (unpaired) electrons. The monoisotopic (exact) mass is 476 g/mol. The van der Waals surface area contributed by atoms with E-state index in [1.54, 1.807) is 0 Å². The van der Waals surface area contributed by atoms with Crippen LogP contribution in [0.5, 0.6) is 11.5 Å². The average molecular weight is 477 g/mol. The zero-order valence-electron chi connectivity index (χ0n) is 19.2. The highest BCUT2D eigenvalue weighted by molar-refractivity contribution is 5.76. The van der Waals surface area contributed by atoms with E-state index >= 15 is 0 Å². The van der Waals surface area contributed by atoms with E-state index in [4.69, 9.17) is 15.2 Å². The molecule has 4 rings (SSSR count). The van der Waals surface area contributed by atoms with Gasteiger partial charge in [0.25, 0.3) is 0 Å². The topological polar surface area (TPSA) is 64.8 Å². The van der Waals surface area contributed by atoms with Crippen molar-refractivity contribution in [3.63, 3.8) is 0 Å². The average Bonchev–Trinajstić information content (AvgIpc) is 3.34. The fourth-order valence-electron chi connectivity index (χ4n) is 3.82. The van der Waals surface area contributed by atoms with Crippen molar-refractivity contribution in [3.8, 4) is 24.3 Å². The summed E-state index contributed by atoms with van der Waals surface area (Å²) in [6.45, 7) is 5.16. The number of amides is 1. The molecular weight excluding hydrogens is 445 g/mol. The number of carbonyl (C=O) groups is 1. The molecule has 2 N–H and O–H groups in total. The van der Waals surface area contributed by atoms with E-state index in [0.717, 1.165) is 30.1 Å². The molecule has 0 spiro atoms. The highest BCUT2D eigenvalue weighted by atomic mass is 19.4. The van der Waals surface area contributed by atoms with Crippen LogP contribution in [-0.4, -0.2) is 43.7 Å². The first-order valence-electron chi connectivity index (χ1n) is 11.2. The molecule has 8 heteroatoms. The van der Waals surface area contributed by atoms with Gasteiger partial charge < -0.3 is 20.1 Å². The molecule has 0 unspecified atom stereocenters. The van der Waals surface area contributed by atoms with Crippen LogP contribution in [0.3, 0.4) is 0 Å². The summed E-state index contributed by atoms with van der Waals surface area (Å²) in [5, 5.41) is 0. The molecule has 0 aliphatic carbocycles. The fraction of sp³-hybridized carbons (Fsp3) is 0.423. The van der Waals surface area contributed by atoms with Gasteiger partial charge in [0.05, 0.1) is 12.0 Å². The van der Waals surface area contributed by atoms with Gasteiger partial charge in [-0.05, 0) is 74.6 Å². The van der Waals surface area contributed by atoms with Crippen molar-refractivity contribution in [2.45, 2.75) is 38.3 Å². The Bertz CT molecular complexity index is 938. The number of primary amides is 1. The molecule has 2 aromatic carbocycles. The molecule has 2 aliphatic rings. The lowest BCUT2D eigenvalue weighted by Gasteiger charge is -2.19. The number of rotatable bonds is 6. The Kier molecular flexibility index (Phi) is 10.8. The quantitative estimate of drug-likeness (QED) is 0.625. The van der Waals surface area contributed by atoms with Gasteiger partial charge in [0.1, 0.15) is 13.2 Å². The zero-order chi connectivity index (χ0) is 25.0. The minimum atomic E-state index is -4.38. The van der Waals surface area contributed by atoms with Crippen molar-refractivity contribution < 1.29 is 27.4 Å². The minimum Gasteiger partial charge on any atom is -0.486 e. The van der Waals surface area contributed by atoms with E-state index in [1.807, 2.05) is 6.07 Å². The Hall–Kier alpha value is -3.18. The van der Waals surface area contributed by atoms with Crippen LogP contribution in [0.2, 0.25) is 0 Å². The van der Waals surface area contributed by atoms with Crippen LogP contribution < -0.4 is 15.2 Å². The second kappa shape index (κ2) is 13.5. The van der Waals surface area contributed by atoms with Crippen LogP contribution in [0.4, 0.5) is 13.2 Å². The highest BCUT2D eigenvalue weighted by Gasteiger charge is 2.30. The van der Waals surface area contributed by atoms with Crippen LogP contribution in [0.15, 0.2) is 42.5 Å². The number of carbonyl (C=O) groups excluding carboxylic acids is 1. The number of alkyl halides is 3. The van der Waals surface area contributed by atoms with Crippen LogP contribution in [0, 0.1) is 12.8 Å². The molecule has 5 nitrogen and oxygen atoms in total. The highest BCUT2D eigenvalue weighted by Crippen LogP contribution is 2.31. The van der Waals surface area contributed by atoms with E-state index in [9.17, 15) is 18.0 Å². The SMILES string of the molecule is C#C.NC(=O)Cc1cccc(C(F)(F)F)c1.c1cc2c(cc1CCCN1CCCC1)OCCO2. The molecule has 2 aliphatic heterocycles. The maximum atomic E-state index is 12.2. The molecule has 0 bridgehead atoms. The smallest absolute Gasteiger partial charge is 0.416 e. The van der Waals surface area contributed by atoms with Gasteiger partial charge in [0.15, 0.2) is 11.5 Å². The Morgan fingerprint density at radius 2 is 1.65 bits per heavy atom. The van der Waals surface area contributed by atoms with Gasteiger partial charge in [-0.3, -0.25) is 4.79 Å². The second-order valence-corrected chi connectivity index (χ2v) is 7.97. The molecule has 1 amide bonds. The predicted molar refractivity (Wildman–Crippen MR) is 126 cm³/mol. The van der Waals surface area contributed by atoms with Crippen LogP contribution in [0.1, 0.15) is 36.0 Å². The number of nitrogens with two attached hydrogens (primary N) is 1. The van der Waals surface area contributed by atoms with E-state index in [1.165, 1.54) is 56.6 Å². The van der Waals surface area contributed by atoms with Gasteiger partial charge in [-0.1, -0.05) is 24.3 Å². The maximum Gasteiger partial charge on any atom is 0.416 e. The summed E-state index contributed by atoms with van der Waals surface area (Å²) in [7, 11) is 0. The van der Waals surface area contributed by atoms with Crippen LogP contribution in [0.25, 0.3) is 0 Å². The van der Waals surface area contributed by atoms with Crippen molar-refractivity contribution in [1.82, 2.24) is 4.90 Å². The van der Waals surface area contributed by atoms with Gasteiger partial charge in [-0.25, -0.2) is 0 Å². The van der Waals surface area contributed by atoms with Gasteiger partial charge in [-0.2, -0.15) is 13.2 Å². The molecule has 184 valence electrons. The third-order valence-electron chi connectivity index (χ3n) is 5.38. The number of aryl methyl sites for hydroxylation is 1. The van der Waals surface area contributed by atoms with E-state index in [-0.39, 0.29) is 12.0 Å². The number of benzene rings is 2. The normalized spacial score (nSPS) is 14.9. The number of fused-ring (bicyclic) bond motifs is 1. The largest absolute Gasteiger partial charge is 0.486 e. The fourth-order valence-corrected chi connectivity index (χ4v) is 3.82. The van der Waals surface area contributed by atoms with Crippen LogP contribution in [-0.2, 0) is 23.8 Å². The summed E-state index contributed by atoms with van der Waals surface area (Å²) in [5.74, 6) is 1.16. The molecule has 2 aromatic rings. The zero-order valence-corrected chi connectivity index (χ0v) is 19.2. The first kappa shape index (κ1) is 27.1. The Labute approximate surface area is 199 Å². The lowest BCUT2D eigenvalue weighted by atomic mass is 10.1. The number of nitrogens with zero attached hydrogens (tertiary/aromatic N) is 1. The lowest BCUT2D eigenvalue weighted by molar-refractivity contribution is -0.137. The van der Waals surface area contributed by atoms with Crippen molar-refractivity contribution >= 4 is 5.91 Å². The number of halogens is 3. The summed E-state index contributed by atoms with van der Waals surface area (Å²) >= 11 is 0. The Morgan fingerprint density at radius 1 is 0.971 bits per heavy atom. The standard InChI is InChI=1S/C15H21NO2.C9H8F3NO.C2H2/c1-2-8-16(7-1)9-3-4-13-5-6-14-15(12-13)18-11-10-17-14;10-9(11,12)7-3-1-2-6(4-7)5-8(13)14;1-2/h5-6,12H,1-4,7-11H2;1-4H,5H2,(H2,13,14);1-2H. The molecule has 0 aromatic heterocycles. The van der Waals surface area contributed by atoms with Crippen molar-refractivity contribution in [3.05, 3.63) is 59.2 Å². The summed E-state index contributed by atoms with van der Waals surface area (Å²) in [4.78, 5) is 13.0. The number of terminal acetylenes is 1. The van der Waals surface area contributed by atoms with Crippen molar-refractivity contribution in [1.29, 1.82) is 0 Å². The van der Waals surface area contributed by atoms with Crippen molar-refractivity contribution in [2.75, 3.05) is 32.8 Å². The van der Waals surface area contributed by atoms with E-state index < -0.39 is 17.6 Å². The molecule has 1 saturated heterocycles. The van der Waals surface area contributed by atoms with E-state index in [2.05, 4.69) is 29.9 Å². The summed E-state index contributed by atoms with van der Waals surface area (Å²) in [6, 6.07) is 10.9. The molecule has 0 saturated carbocycles. The third kappa shape index (κ3) is 8.99. The first-order chi connectivity index (χ1) is 16.3. The summed E-state index contributed by atoms with van der Waals surface area (Å²) < 4.78 is 47.7. The number of hydrogen-bond donors (Lipinski definition) is 1. The lowest BCUT2D eigenvalue weighted by Crippen LogP contribution is -2.20. The first-order valence-corrected chi connectivity index (χ1v) is 11.2. The minimum absolute atomic E-state index is 0.177. The van der Waals surface area contributed by atoms with E-state index in [0.29, 0.717) is 13.2 Å². The molecule has 1 fully saturated rings. The van der Waals surface area contributed by atoms with Gasteiger partial charge in [-0.15, -0.1) is 12.8 Å². The van der Waals surface area contributed by atoms with Crippen molar-refractivity contribution in [2.24, 2.45) is 5.73 Å². The number of hydrogen-bond acceptors (Lipinski definition) is 4. The Morgan fingerprint density at radius 3 is 2.29 bits per heavy atom. The summed E-state index contributed by atoms with van der Waals surface area (Å²) in [6.07, 6.45) is 8.57.